The van der Waals surface area contributed by atoms with Crippen molar-refractivity contribution in [3.63, 3.8) is 0 Å². The van der Waals surface area contributed by atoms with Gasteiger partial charge in [-0.3, -0.25) is 0 Å². The molecule has 2 rings (SSSR count). The fourth-order valence-electron chi connectivity index (χ4n) is 3.19. The number of rotatable bonds is 6. The summed E-state index contributed by atoms with van der Waals surface area (Å²) in [6, 6.07) is 10.8. The number of ether oxygens (including phenoxy) is 1. The van der Waals surface area contributed by atoms with Crippen molar-refractivity contribution in [2.75, 3.05) is 7.11 Å². The molecule has 0 aromatic heterocycles. The first-order valence-corrected chi connectivity index (χ1v) is 7.47. The highest BCUT2D eigenvalue weighted by Crippen LogP contribution is 2.30. The van der Waals surface area contributed by atoms with Gasteiger partial charge in [-0.25, -0.2) is 0 Å². The lowest BCUT2D eigenvalue weighted by molar-refractivity contribution is 0.0195. The predicted molar refractivity (Wildman–Crippen MR) is 84.0 cm³/mol. The molecule has 2 unspecified atom stereocenters. The summed E-state index contributed by atoms with van der Waals surface area (Å²) in [4.78, 5) is 0. The van der Waals surface area contributed by atoms with Crippen LogP contribution >= 0.6 is 12.4 Å². The van der Waals surface area contributed by atoms with E-state index in [2.05, 4.69) is 30.3 Å². The number of halogens is 1. The first-order valence-electron chi connectivity index (χ1n) is 7.47. The summed E-state index contributed by atoms with van der Waals surface area (Å²) in [7, 11) is 1.88. The van der Waals surface area contributed by atoms with E-state index in [4.69, 9.17) is 4.74 Å². The third-order valence-corrected chi connectivity index (χ3v) is 4.28. The second kappa shape index (κ2) is 9.39. The van der Waals surface area contributed by atoms with E-state index in [0.29, 0.717) is 6.10 Å². The van der Waals surface area contributed by atoms with Gasteiger partial charge in [0.05, 0.1) is 6.10 Å². The lowest BCUT2D eigenvalue weighted by Gasteiger charge is -2.30. The topological polar surface area (TPSA) is 9.23 Å². The minimum Gasteiger partial charge on any atom is -0.381 e. The maximum absolute atomic E-state index is 5.62. The quantitative estimate of drug-likeness (QED) is 0.665. The van der Waals surface area contributed by atoms with Crippen molar-refractivity contribution in [1.82, 2.24) is 0 Å². The zero-order valence-electron chi connectivity index (χ0n) is 12.0. The van der Waals surface area contributed by atoms with Gasteiger partial charge >= 0.3 is 0 Å². The first kappa shape index (κ1) is 16.5. The van der Waals surface area contributed by atoms with Gasteiger partial charge in [0.1, 0.15) is 0 Å². The summed E-state index contributed by atoms with van der Waals surface area (Å²) in [5.74, 6) is 0.819. The molecule has 0 amide bonds. The Morgan fingerprint density at radius 2 is 1.79 bits per heavy atom. The Labute approximate surface area is 124 Å². The molecule has 1 fully saturated rings. The Bertz CT molecular complexity index is 325. The van der Waals surface area contributed by atoms with Gasteiger partial charge < -0.3 is 4.74 Å². The second-order valence-corrected chi connectivity index (χ2v) is 5.55. The largest absolute Gasteiger partial charge is 0.381 e. The standard InChI is InChI=1S/C17H26O.ClH/c1-18-17-14-8-7-13-16(17)12-6-5-11-15-9-3-2-4-10-15;/h2-4,9-10,16-17H,5-8,11-14H2,1H3;1H. The van der Waals surface area contributed by atoms with Crippen LogP contribution in [0.3, 0.4) is 0 Å². The molecular formula is C17H27ClO. The molecule has 108 valence electrons. The van der Waals surface area contributed by atoms with Crippen LogP contribution in [0.1, 0.15) is 50.5 Å². The molecule has 1 aliphatic rings. The van der Waals surface area contributed by atoms with E-state index in [1.54, 1.807) is 0 Å². The highest BCUT2D eigenvalue weighted by Gasteiger charge is 2.23. The van der Waals surface area contributed by atoms with Crippen molar-refractivity contribution < 1.29 is 4.74 Å². The maximum Gasteiger partial charge on any atom is 0.0599 e. The average Bonchev–Trinajstić information content (AvgIpc) is 2.45. The van der Waals surface area contributed by atoms with Gasteiger partial charge in [0.25, 0.3) is 0 Å². The van der Waals surface area contributed by atoms with Crippen molar-refractivity contribution in [2.45, 2.75) is 57.5 Å². The Hall–Kier alpha value is -0.530. The summed E-state index contributed by atoms with van der Waals surface area (Å²) >= 11 is 0. The molecule has 1 saturated carbocycles. The van der Waals surface area contributed by atoms with Crippen LogP contribution in [0, 0.1) is 5.92 Å². The van der Waals surface area contributed by atoms with Gasteiger partial charge in [0.2, 0.25) is 0 Å². The van der Waals surface area contributed by atoms with E-state index in [-0.39, 0.29) is 12.4 Å². The molecule has 1 aromatic rings. The molecule has 0 spiro atoms. The molecule has 0 bridgehead atoms. The lowest BCUT2D eigenvalue weighted by Crippen LogP contribution is -2.26. The third-order valence-electron chi connectivity index (χ3n) is 4.28. The molecule has 0 aliphatic heterocycles. The molecule has 1 aliphatic carbocycles. The van der Waals surface area contributed by atoms with E-state index >= 15 is 0 Å². The van der Waals surface area contributed by atoms with Crippen LogP contribution < -0.4 is 0 Å². The summed E-state index contributed by atoms with van der Waals surface area (Å²) in [6.45, 7) is 0. The smallest absolute Gasteiger partial charge is 0.0599 e. The molecule has 1 nitrogen and oxygen atoms in total. The van der Waals surface area contributed by atoms with Crippen LogP contribution in [0.2, 0.25) is 0 Å². The zero-order chi connectivity index (χ0) is 12.6. The SMILES string of the molecule is COC1CCCCC1CCCCc1ccccc1.Cl. The van der Waals surface area contributed by atoms with Gasteiger partial charge in [-0.05, 0) is 43.6 Å². The van der Waals surface area contributed by atoms with Crippen LogP contribution in [-0.4, -0.2) is 13.2 Å². The van der Waals surface area contributed by atoms with Crippen LogP contribution in [0.5, 0.6) is 0 Å². The van der Waals surface area contributed by atoms with E-state index in [1.807, 2.05) is 7.11 Å². The summed E-state index contributed by atoms with van der Waals surface area (Å²) in [5, 5.41) is 0. The van der Waals surface area contributed by atoms with E-state index in [1.165, 1.54) is 56.9 Å². The van der Waals surface area contributed by atoms with Gasteiger partial charge in [-0.15, -0.1) is 12.4 Å². The number of hydrogen-bond donors (Lipinski definition) is 0. The highest BCUT2D eigenvalue weighted by atomic mass is 35.5. The van der Waals surface area contributed by atoms with Crippen LogP contribution in [0.4, 0.5) is 0 Å². The average molecular weight is 283 g/mol. The Morgan fingerprint density at radius 3 is 2.53 bits per heavy atom. The van der Waals surface area contributed by atoms with Crippen molar-refractivity contribution in [2.24, 2.45) is 5.92 Å². The normalized spacial score (nSPS) is 22.8. The molecule has 0 N–H and O–H groups in total. The molecule has 0 heterocycles. The van der Waals surface area contributed by atoms with Gasteiger partial charge in [-0.1, -0.05) is 49.6 Å². The highest BCUT2D eigenvalue weighted by molar-refractivity contribution is 5.85. The van der Waals surface area contributed by atoms with Crippen molar-refractivity contribution >= 4 is 12.4 Å². The van der Waals surface area contributed by atoms with Gasteiger partial charge in [-0.2, -0.15) is 0 Å². The fourth-order valence-corrected chi connectivity index (χ4v) is 3.19. The molecule has 2 atom stereocenters. The number of hydrogen-bond acceptors (Lipinski definition) is 1. The van der Waals surface area contributed by atoms with Crippen LogP contribution in [0.15, 0.2) is 30.3 Å². The van der Waals surface area contributed by atoms with Gasteiger partial charge in [0.15, 0.2) is 0 Å². The Kier molecular flexibility index (Phi) is 8.16. The predicted octanol–water partition coefficient (Wildman–Crippen LogP) is 5.03. The minimum absolute atomic E-state index is 0. The number of benzene rings is 1. The molecule has 0 saturated heterocycles. The monoisotopic (exact) mass is 282 g/mol. The fraction of sp³-hybridized carbons (Fsp3) is 0.647. The van der Waals surface area contributed by atoms with Gasteiger partial charge in [0, 0.05) is 7.11 Å². The molecule has 0 radical (unpaired) electrons. The molecular weight excluding hydrogens is 256 g/mol. The van der Waals surface area contributed by atoms with Crippen molar-refractivity contribution in [3.8, 4) is 0 Å². The summed E-state index contributed by atoms with van der Waals surface area (Å²) in [6.07, 6.45) is 11.2. The molecule has 19 heavy (non-hydrogen) atoms. The number of methoxy groups -OCH3 is 1. The Balaban J connectivity index is 0.00000180. The zero-order valence-corrected chi connectivity index (χ0v) is 12.8. The molecule has 1 aromatic carbocycles. The Morgan fingerprint density at radius 1 is 1.05 bits per heavy atom. The third kappa shape index (κ3) is 5.54. The first-order chi connectivity index (χ1) is 8.90. The maximum atomic E-state index is 5.62. The second-order valence-electron chi connectivity index (χ2n) is 5.55. The number of aryl methyl sites for hydroxylation is 1. The van der Waals surface area contributed by atoms with E-state index in [0.717, 1.165) is 5.92 Å². The lowest BCUT2D eigenvalue weighted by atomic mass is 9.83. The van der Waals surface area contributed by atoms with Crippen LogP contribution in [-0.2, 0) is 11.2 Å². The van der Waals surface area contributed by atoms with Crippen LogP contribution in [0.25, 0.3) is 0 Å². The van der Waals surface area contributed by atoms with Crippen molar-refractivity contribution in [1.29, 1.82) is 0 Å². The van der Waals surface area contributed by atoms with E-state index in [9.17, 15) is 0 Å². The molecule has 2 heteroatoms. The number of unbranched alkanes of at least 4 members (excludes halogenated alkanes) is 1. The van der Waals surface area contributed by atoms with Crippen molar-refractivity contribution in [3.05, 3.63) is 35.9 Å². The summed E-state index contributed by atoms with van der Waals surface area (Å²) < 4.78 is 5.62. The summed E-state index contributed by atoms with van der Waals surface area (Å²) in [5.41, 5.74) is 1.48. The minimum atomic E-state index is 0. The van der Waals surface area contributed by atoms with E-state index < -0.39 is 0 Å².